The first kappa shape index (κ1) is 16.1. The van der Waals surface area contributed by atoms with Crippen molar-refractivity contribution in [1.29, 1.82) is 0 Å². The minimum atomic E-state index is -0.764. The van der Waals surface area contributed by atoms with Crippen molar-refractivity contribution in [3.63, 3.8) is 0 Å². The summed E-state index contributed by atoms with van der Waals surface area (Å²) in [7, 11) is 0. The van der Waals surface area contributed by atoms with Gasteiger partial charge in [0.25, 0.3) is 0 Å². The average molecular weight is 356 g/mol. The Kier molecular flexibility index (Phi) is 3.71. The molecule has 0 unspecified atom stereocenters. The van der Waals surface area contributed by atoms with Crippen LogP contribution in [0.4, 0.5) is 14.7 Å². The predicted molar refractivity (Wildman–Crippen MR) is 95.1 cm³/mol. The van der Waals surface area contributed by atoms with Gasteiger partial charge in [-0.2, -0.15) is 0 Å². The van der Waals surface area contributed by atoms with E-state index >= 15 is 0 Å². The Bertz CT molecular complexity index is 834. The highest BCUT2D eigenvalue weighted by molar-refractivity contribution is 5.43. The molecule has 1 aromatic heterocycles. The number of rotatable bonds is 2. The molecule has 6 rings (SSSR count). The predicted octanol–water partition coefficient (Wildman–Crippen LogP) is 3.13. The lowest BCUT2D eigenvalue weighted by Crippen LogP contribution is -2.60. The summed E-state index contributed by atoms with van der Waals surface area (Å²) in [5.41, 5.74) is 1.41. The fourth-order valence-corrected chi connectivity index (χ4v) is 5.31. The van der Waals surface area contributed by atoms with Gasteiger partial charge in [0, 0.05) is 30.4 Å². The standard InChI is InChI=1S/C20H22F2N4/c1-12-5-8-23-20(24-12)26-11-15(14-3-2-4-16(21)17(14)22)19-18(26)13-6-9-25(19)10-7-13/h2-5,8,13,15,18-19H,6-7,9-11H2,1H3/t15-,18+,19+/m1/s1. The van der Waals surface area contributed by atoms with Crippen molar-refractivity contribution in [3.05, 3.63) is 53.4 Å². The van der Waals surface area contributed by atoms with Crippen molar-refractivity contribution in [2.45, 2.75) is 37.8 Å². The van der Waals surface area contributed by atoms with Crippen LogP contribution in [0.2, 0.25) is 0 Å². The molecular weight excluding hydrogens is 334 g/mol. The lowest BCUT2D eigenvalue weighted by Gasteiger charge is -2.51. The lowest BCUT2D eigenvalue weighted by atomic mass is 9.75. The fourth-order valence-electron chi connectivity index (χ4n) is 5.31. The summed E-state index contributed by atoms with van der Waals surface area (Å²) >= 11 is 0. The SMILES string of the molecule is Cc1ccnc(N2C[C@H](c3cccc(F)c3F)[C@H]3[C@@H]2C2CCN3CC2)n1. The van der Waals surface area contributed by atoms with Crippen LogP contribution < -0.4 is 4.90 Å². The van der Waals surface area contributed by atoms with Crippen LogP contribution in [0.5, 0.6) is 0 Å². The minimum Gasteiger partial charge on any atom is -0.335 e. The molecule has 0 radical (unpaired) electrons. The number of nitrogens with zero attached hydrogens (tertiary/aromatic N) is 4. The highest BCUT2D eigenvalue weighted by atomic mass is 19.2. The van der Waals surface area contributed by atoms with E-state index in [-0.39, 0.29) is 18.0 Å². The Labute approximate surface area is 151 Å². The lowest BCUT2D eigenvalue weighted by molar-refractivity contribution is 0.0348. The number of anilines is 1. The van der Waals surface area contributed by atoms with Crippen LogP contribution in [-0.2, 0) is 0 Å². The van der Waals surface area contributed by atoms with Crippen molar-refractivity contribution in [2.24, 2.45) is 5.92 Å². The normalized spacial score (nSPS) is 32.7. The summed E-state index contributed by atoms with van der Waals surface area (Å²) < 4.78 is 28.5. The highest BCUT2D eigenvalue weighted by Crippen LogP contribution is 2.47. The maximum absolute atomic E-state index is 14.6. The zero-order valence-corrected chi connectivity index (χ0v) is 14.8. The molecule has 4 fully saturated rings. The number of aryl methyl sites for hydroxylation is 1. The number of halogens is 2. The first-order valence-electron chi connectivity index (χ1n) is 9.38. The quantitative estimate of drug-likeness (QED) is 0.828. The van der Waals surface area contributed by atoms with E-state index in [1.807, 2.05) is 13.0 Å². The summed E-state index contributed by atoms with van der Waals surface area (Å²) in [5.74, 6) is -0.252. The Morgan fingerprint density at radius 1 is 1.08 bits per heavy atom. The minimum absolute atomic E-state index is 0.0667. The van der Waals surface area contributed by atoms with Gasteiger partial charge in [0.15, 0.2) is 11.6 Å². The fraction of sp³-hybridized carbons (Fsp3) is 0.500. The van der Waals surface area contributed by atoms with Crippen LogP contribution in [0.1, 0.15) is 30.0 Å². The molecule has 2 aromatic rings. The van der Waals surface area contributed by atoms with E-state index < -0.39 is 11.6 Å². The number of hydrogen-bond acceptors (Lipinski definition) is 4. The third kappa shape index (κ3) is 2.35. The van der Waals surface area contributed by atoms with Gasteiger partial charge in [0.2, 0.25) is 5.95 Å². The van der Waals surface area contributed by atoms with Gasteiger partial charge in [-0.3, -0.25) is 4.90 Å². The van der Waals surface area contributed by atoms with E-state index in [9.17, 15) is 8.78 Å². The first-order valence-corrected chi connectivity index (χ1v) is 9.38. The molecule has 2 bridgehead atoms. The van der Waals surface area contributed by atoms with E-state index in [1.165, 1.54) is 6.07 Å². The van der Waals surface area contributed by atoms with E-state index in [2.05, 4.69) is 19.8 Å². The topological polar surface area (TPSA) is 32.3 Å². The molecule has 4 nitrogen and oxygen atoms in total. The van der Waals surface area contributed by atoms with Crippen LogP contribution in [0, 0.1) is 24.5 Å². The van der Waals surface area contributed by atoms with Crippen molar-refractivity contribution < 1.29 is 8.78 Å². The maximum atomic E-state index is 14.6. The first-order chi connectivity index (χ1) is 12.6. The van der Waals surface area contributed by atoms with Crippen molar-refractivity contribution in [1.82, 2.24) is 14.9 Å². The number of aromatic nitrogens is 2. The summed E-state index contributed by atoms with van der Waals surface area (Å²) in [6, 6.07) is 6.90. The monoisotopic (exact) mass is 356 g/mol. The zero-order valence-electron chi connectivity index (χ0n) is 14.8. The Morgan fingerprint density at radius 2 is 1.88 bits per heavy atom. The molecule has 0 spiro atoms. The van der Waals surface area contributed by atoms with Gasteiger partial charge < -0.3 is 4.90 Å². The Morgan fingerprint density at radius 3 is 2.65 bits per heavy atom. The molecule has 4 saturated heterocycles. The molecule has 0 saturated carbocycles. The van der Waals surface area contributed by atoms with Gasteiger partial charge in [0.1, 0.15) is 0 Å². The van der Waals surface area contributed by atoms with E-state index in [4.69, 9.17) is 0 Å². The molecule has 5 heterocycles. The number of hydrogen-bond donors (Lipinski definition) is 0. The van der Waals surface area contributed by atoms with Crippen molar-refractivity contribution in [2.75, 3.05) is 24.5 Å². The maximum Gasteiger partial charge on any atom is 0.225 e. The number of benzene rings is 1. The molecule has 4 aliphatic heterocycles. The number of fused-ring (bicyclic) bond motifs is 2. The number of piperidine rings is 3. The molecular formula is C20H22F2N4. The largest absolute Gasteiger partial charge is 0.335 e. The second kappa shape index (κ2) is 5.98. The summed E-state index contributed by atoms with van der Waals surface area (Å²) in [4.78, 5) is 13.8. The van der Waals surface area contributed by atoms with Crippen molar-refractivity contribution in [3.8, 4) is 0 Å². The molecule has 0 N–H and O–H groups in total. The van der Waals surface area contributed by atoms with Crippen molar-refractivity contribution >= 4 is 5.95 Å². The van der Waals surface area contributed by atoms with E-state index in [0.717, 1.165) is 31.6 Å². The molecule has 4 aliphatic rings. The molecule has 136 valence electrons. The van der Waals surface area contributed by atoms with Gasteiger partial charge >= 0.3 is 0 Å². The highest BCUT2D eigenvalue weighted by Gasteiger charge is 2.54. The van der Waals surface area contributed by atoms with Gasteiger partial charge in [-0.25, -0.2) is 18.7 Å². The summed E-state index contributed by atoms with van der Waals surface area (Å²) in [5, 5.41) is 0. The molecule has 1 aromatic carbocycles. The van der Waals surface area contributed by atoms with Crippen LogP contribution in [0.15, 0.2) is 30.5 Å². The van der Waals surface area contributed by atoms with Gasteiger partial charge in [-0.15, -0.1) is 0 Å². The summed E-state index contributed by atoms with van der Waals surface area (Å²) in [6.07, 6.45) is 4.09. The third-order valence-electron chi connectivity index (χ3n) is 6.41. The summed E-state index contributed by atoms with van der Waals surface area (Å²) in [6.45, 7) is 4.68. The molecule has 0 amide bonds. The van der Waals surface area contributed by atoms with Gasteiger partial charge in [-0.05, 0) is 56.5 Å². The van der Waals surface area contributed by atoms with Crippen LogP contribution in [-0.4, -0.2) is 46.6 Å². The van der Waals surface area contributed by atoms with E-state index in [0.29, 0.717) is 24.0 Å². The second-order valence-electron chi connectivity index (χ2n) is 7.75. The molecule has 0 aliphatic carbocycles. The van der Waals surface area contributed by atoms with Crippen LogP contribution in [0.3, 0.4) is 0 Å². The van der Waals surface area contributed by atoms with Crippen LogP contribution >= 0.6 is 0 Å². The smallest absolute Gasteiger partial charge is 0.225 e. The van der Waals surface area contributed by atoms with Gasteiger partial charge in [0.05, 0.1) is 6.04 Å². The third-order valence-corrected chi connectivity index (χ3v) is 6.41. The Hall–Kier alpha value is -2.08. The average Bonchev–Trinajstić information content (AvgIpc) is 3.08. The van der Waals surface area contributed by atoms with E-state index in [1.54, 1.807) is 18.3 Å². The van der Waals surface area contributed by atoms with Gasteiger partial charge in [-0.1, -0.05) is 12.1 Å². The van der Waals surface area contributed by atoms with Crippen LogP contribution in [0.25, 0.3) is 0 Å². The molecule has 3 atom stereocenters. The zero-order chi connectivity index (χ0) is 17.8. The second-order valence-corrected chi connectivity index (χ2v) is 7.75. The molecule has 6 heteroatoms. The Balaban J connectivity index is 1.60. The molecule has 26 heavy (non-hydrogen) atoms.